The third kappa shape index (κ3) is 5.23. The molecule has 21 heavy (non-hydrogen) atoms. The fraction of sp³-hybridized carbons (Fsp3) is 0.417. The van der Waals surface area contributed by atoms with Crippen molar-refractivity contribution in [1.29, 1.82) is 0 Å². The van der Waals surface area contributed by atoms with E-state index in [2.05, 4.69) is 21.2 Å². The highest BCUT2D eigenvalue weighted by Gasteiger charge is 2.23. The number of hydrogen-bond acceptors (Lipinski definition) is 4. The van der Waals surface area contributed by atoms with Gasteiger partial charge in [0.05, 0.1) is 4.90 Å². The molecule has 1 aromatic carbocycles. The second-order valence-corrected chi connectivity index (χ2v) is 7.61. The molecule has 0 spiro atoms. The monoisotopic (exact) mass is 399 g/mol. The van der Waals surface area contributed by atoms with Gasteiger partial charge in [-0.2, -0.15) is 0 Å². The van der Waals surface area contributed by atoms with Crippen LogP contribution in [0.15, 0.2) is 21.5 Å². The molecule has 1 rings (SSSR count). The number of rotatable bonds is 4. The van der Waals surface area contributed by atoms with Crippen LogP contribution < -0.4 is 16.2 Å². The topological polar surface area (TPSA) is 115 Å². The molecule has 5 N–H and O–H groups in total. The first-order chi connectivity index (χ1) is 8.98. The summed E-state index contributed by atoms with van der Waals surface area (Å²) in [6.45, 7) is 5.35. The summed E-state index contributed by atoms with van der Waals surface area (Å²) in [6, 6.07) is 2.92. The summed E-state index contributed by atoms with van der Waals surface area (Å²) in [5, 5.41) is 7.90. The average molecular weight is 401 g/mol. The minimum Gasteiger partial charge on any atom is -0.346 e. The highest BCUT2D eigenvalue weighted by molar-refractivity contribution is 9.10. The summed E-state index contributed by atoms with van der Waals surface area (Å²) in [5.41, 5.74) is 5.52. The van der Waals surface area contributed by atoms with Crippen LogP contribution in [0.1, 0.15) is 29.8 Å². The minimum absolute atomic E-state index is 0. The Bertz CT molecular complexity index is 647. The lowest BCUT2D eigenvalue weighted by molar-refractivity contribution is 0.0915. The van der Waals surface area contributed by atoms with Gasteiger partial charge in [-0.25, -0.2) is 13.6 Å². The smallest absolute Gasteiger partial charge is 0.252 e. The van der Waals surface area contributed by atoms with E-state index in [-0.39, 0.29) is 29.4 Å². The zero-order valence-electron chi connectivity index (χ0n) is 11.9. The Morgan fingerprint density at radius 2 is 1.90 bits per heavy atom. The quantitative estimate of drug-likeness (QED) is 0.706. The lowest BCUT2D eigenvalue weighted by atomic mass is 10.0. The van der Waals surface area contributed by atoms with Gasteiger partial charge in [-0.15, -0.1) is 12.4 Å². The Morgan fingerprint density at radius 3 is 2.33 bits per heavy atom. The fourth-order valence-electron chi connectivity index (χ4n) is 1.61. The van der Waals surface area contributed by atoms with E-state index >= 15 is 0 Å². The molecule has 0 aliphatic rings. The highest BCUT2D eigenvalue weighted by Crippen LogP contribution is 2.24. The van der Waals surface area contributed by atoms with E-state index in [4.69, 9.17) is 10.9 Å². The number of sulfonamides is 1. The zero-order valence-corrected chi connectivity index (χ0v) is 15.2. The van der Waals surface area contributed by atoms with Crippen molar-refractivity contribution in [2.45, 2.75) is 31.2 Å². The summed E-state index contributed by atoms with van der Waals surface area (Å²) in [6.07, 6.45) is 0. The molecule has 0 saturated heterocycles. The lowest BCUT2D eigenvalue weighted by Crippen LogP contribution is -2.49. The van der Waals surface area contributed by atoms with Crippen LogP contribution >= 0.6 is 28.3 Å². The van der Waals surface area contributed by atoms with Gasteiger partial charge in [0, 0.05) is 22.1 Å². The van der Waals surface area contributed by atoms with Crippen LogP contribution in [0.2, 0.25) is 0 Å². The maximum atomic E-state index is 12.2. The number of benzene rings is 1. The van der Waals surface area contributed by atoms with E-state index in [1.165, 1.54) is 13.0 Å². The first kappa shape index (κ1) is 20.3. The van der Waals surface area contributed by atoms with Gasteiger partial charge in [-0.3, -0.25) is 4.79 Å². The third-order valence-electron chi connectivity index (χ3n) is 2.84. The largest absolute Gasteiger partial charge is 0.346 e. The molecule has 0 saturated carbocycles. The van der Waals surface area contributed by atoms with Gasteiger partial charge in [-0.1, -0.05) is 15.9 Å². The lowest BCUT2D eigenvalue weighted by Gasteiger charge is -2.25. The molecule has 0 aliphatic carbocycles. The van der Waals surface area contributed by atoms with Crippen LogP contribution in [0.25, 0.3) is 0 Å². The predicted molar refractivity (Wildman–Crippen MR) is 88.1 cm³/mol. The van der Waals surface area contributed by atoms with Crippen LogP contribution in [-0.2, 0) is 10.0 Å². The van der Waals surface area contributed by atoms with E-state index < -0.39 is 21.5 Å². The van der Waals surface area contributed by atoms with Crippen LogP contribution in [0, 0.1) is 6.92 Å². The number of nitrogens with two attached hydrogens (primary N) is 2. The SMILES string of the molecule is Cc1c(C(=O)NC(C)(C)CN)cc(Br)cc1S(N)(=O)=O.Cl. The first-order valence-corrected chi connectivity index (χ1v) is 8.17. The van der Waals surface area contributed by atoms with Crippen LogP contribution in [0.4, 0.5) is 0 Å². The van der Waals surface area contributed by atoms with E-state index in [0.717, 1.165) is 0 Å². The molecule has 0 atom stereocenters. The normalized spacial score (nSPS) is 11.7. The van der Waals surface area contributed by atoms with E-state index in [0.29, 0.717) is 10.0 Å². The van der Waals surface area contributed by atoms with Gasteiger partial charge in [0.25, 0.3) is 5.91 Å². The van der Waals surface area contributed by atoms with Crippen molar-refractivity contribution in [1.82, 2.24) is 5.32 Å². The molecule has 9 heteroatoms. The summed E-state index contributed by atoms with van der Waals surface area (Å²) in [7, 11) is -3.90. The average Bonchev–Trinajstić information content (AvgIpc) is 2.29. The zero-order chi connectivity index (χ0) is 15.7. The van der Waals surface area contributed by atoms with Crippen molar-refractivity contribution in [3.8, 4) is 0 Å². The molecule has 0 unspecified atom stereocenters. The summed E-state index contributed by atoms with van der Waals surface area (Å²) >= 11 is 3.18. The van der Waals surface area contributed by atoms with Crippen LogP contribution in [0.5, 0.6) is 0 Å². The highest BCUT2D eigenvalue weighted by atomic mass is 79.9. The molecule has 0 heterocycles. The Labute approximate surface area is 139 Å². The molecule has 0 radical (unpaired) electrons. The van der Waals surface area contributed by atoms with Crippen molar-refractivity contribution in [3.63, 3.8) is 0 Å². The number of primary sulfonamides is 1. The number of carbonyl (C=O) groups excluding carboxylic acids is 1. The summed E-state index contributed by atoms with van der Waals surface area (Å²) in [5.74, 6) is -0.399. The van der Waals surface area contributed by atoms with Crippen molar-refractivity contribution in [3.05, 3.63) is 27.7 Å². The summed E-state index contributed by atoms with van der Waals surface area (Å²) < 4.78 is 23.5. The molecule has 120 valence electrons. The molecule has 0 aliphatic heterocycles. The molecule has 1 aromatic rings. The van der Waals surface area contributed by atoms with E-state index in [1.54, 1.807) is 19.9 Å². The van der Waals surface area contributed by atoms with Crippen LogP contribution in [0.3, 0.4) is 0 Å². The Hall–Kier alpha value is -0.670. The van der Waals surface area contributed by atoms with Crippen molar-refractivity contribution in [2.75, 3.05) is 6.54 Å². The van der Waals surface area contributed by atoms with Gasteiger partial charge in [0.1, 0.15) is 0 Å². The molecule has 0 fully saturated rings. The second-order valence-electron chi connectivity index (χ2n) is 5.16. The fourth-order valence-corrected chi connectivity index (χ4v) is 3.05. The molecule has 0 aromatic heterocycles. The third-order valence-corrected chi connectivity index (χ3v) is 4.33. The van der Waals surface area contributed by atoms with E-state index in [1.807, 2.05) is 0 Å². The number of carbonyl (C=O) groups is 1. The van der Waals surface area contributed by atoms with Gasteiger partial charge < -0.3 is 11.1 Å². The minimum atomic E-state index is -3.90. The summed E-state index contributed by atoms with van der Waals surface area (Å²) in [4.78, 5) is 12.2. The predicted octanol–water partition coefficient (Wildman–Crippen LogP) is 1.29. The van der Waals surface area contributed by atoms with Crippen LogP contribution in [-0.4, -0.2) is 26.4 Å². The second kappa shape index (κ2) is 7.06. The molecule has 1 amide bonds. The van der Waals surface area contributed by atoms with Gasteiger partial charge >= 0.3 is 0 Å². The van der Waals surface area contributed by atoms with Crippen molar-refractivity contribution in [2.24, 2.45) is 10.9 Å². The van der Waals surface area contributed by atoms with Crippen molar-refractivity contribution >= 4 is 44.3 Å². The molecule has 0 bridgehead atoms. The van der Waals surface area contributed by atoms with Gasteiger partial charge in [-0.05, 0) is 38.5 Å². The van der Waals surface area contributed by atoms with E-state index in [9.17, 15) is 13.2 Å². The number of hydrogen-bond donors (Lipinski definition) is 3. The Balaban J connectivity index is 0.00000400. The number of halogens is 2. The Kier molecular flexibility index (Phi) is 6.83. The molecule has 6 nitrogen and oxygen atoms in total. The maximum absolute atomic E-state index is 12.2. The maximum Gasteiger partial charge on any atom is 0.252 e. The molecular weight excluding hydrogens is 382 g/mol. The van der Waals surface area contributed by atoms with Gasteiger partial charge in [0.2, 0.25) is 10.0 Å². The number of amides is 1. The van der Waals surface area contributed by atoms with Gasteiger partial charge in [0.15, 0.2) is 0 Å². The Morgan fingerprint density at radius 1 is 1.38 bits per heavy atom. The van der Waals surface area contributed by atoms with Crippen molar-refractivity contribution < 1.29 is 13.2 Å². The molecular formula is C12H19BrClN3O3S. The number of nitrogens with one attached hydrogen (secondary N) is 1. The first-order valence-electron chi connectivity index (χ1n) is 5.83. The standard InChI is InChI=1S/C12H18BrN3O3S.ClH/c1-7-9(11(17)16-12(2,3)6-14)4-8(13)5-10(7)20(15,18)19;/h4-5H,6,14H2,1-3H3,(H,16,17)(H2,15,18,19);1H.